The predicted molar refractivity (Wildman–Crippen MR) is 65.6 cm³/mol. The molecule has 0 aliphatic carbocycles. The standard InChI is InChI=1S/C12H14N4/c1-2-16(10-6-4-3-5-7-10)12-8-11(13)14-9-15-12/h3-9H,2H2,1H3,(H2,13,14,15). The minimum absolute atomic E-state index is 0.486. The monoisotopic (exact) mass is 214 g/mol. The predicted octanol–water partition coefficient (Wildman–Crippen LogP) is 2.22. The van der Waals surface area contributed by atoms with Crippen molar-refractivity contribution in [2.24, 2.45) is 0 Å². The highest BCUT2D eigenvalue weighted by Gasteiger charge is 2.07. The van der Waals surface area contributed by atoms with Gasteiger partial charge in [0.25, 0.3) is 0 Å². The van der Waals surface area contributed by atoms with Crippen molar-refractivity contribution in [3.8, 4) is 0 Å². The summed E-state index contributed by atoms with van der Waals surface area (Å²) in [6.45, 7) is 2.91. The van der Waals surface area contributed by atoms with Gasteiger partial charge >= 0.3 is 0 Å². The SMILES string of the molecule is CCN(c1ccccc1)c1cc(N)ncn1. The van der Waals surface area contributed by atoms with Crippen LogP contribution in [0, 0.1) is 0 Å². The topological polar surface area (TPSA) is 55.0 Å². The van der Waals surface area contributed by atoms with Gasteiger partial charge in [-0.05, 0) is 19.1 Å². The van der Waals surface area contributed by atoms with Gasteiger partial charge in [0.1, 0.15) is 18.0 Å². The van der Waals surface area contributed by atoms with Gasteiger partial charge in [-0.1, -0.05) is 18.2 Å². The fraction of sp³-hybridized carbons (Fsp3) is 0.167. The fourth-order valence-electron chi connectivity index (χ4n) is 1.59. The van der Waals surface area contributed by atoms with E-state index < -0.39 is 0 Å². The molecule has 2 N–H and O–H groups in total. The average molecular weight is 214 g/mol. The van der Waals surface area contributed by atoms with E-state index >= 15 is 0 Å². The smallest absolute Gasteiger partial charge is 0.138 e. The number of hydrogen-bond acceptors (Lipinski definition) is 4. The van der Waals surface area contributed by atoms with Crippen molar-refractivity contribution in [2.45, 2.75) is 6.92 Å². The lowest BCUT2D eigenvalue weighted by Gasteiger charge is -2.21. The van der Waals surface area contributed by atoms with Crippen LogP contribution in [0.25, 0.3) is 0 Å². The van der Waals surface area contributed by atoms with Crippen LogP contribution in [0.5, 0.6) is 0 Å². The van der Waals surface area contributed by atoms with Crippen molar-refractivity contribution in [1.82, 2.24) is 9.97 Å². The molecule has 2 aromatic rings. The molecule has 82 valence electrons. The van der Waals surface area contributed by atoms with Crippen molar-refractivity contribution in [1.29, 1.82) is 0 Å². The first-order valence-electron chi connectivity index (χ1n) is 5.21. The zero-order valence-corrected chi connectivity index (χ0v) is 9.17. The third kappa shape index (κ3) is 2.11. The summed E-state index contributed by atoms with van der Waals surface area (Å²) in [6.07, 6.45) is 1.48. The van der Waals surface area contributed by atoms with E-state index in [1.165, 1.54) is 6.33 Å². The molecule has 0 aliphatic heterocycles. The molecule has 1 aromatic carbocycles. The summed E-state index contributed by atoms with van der Waals surface area (Å²) < 4.78 is 0. The lowest BCUT2D eigenvalue weighted by molar-refractivity contribution is 0.978. The van der Waals surface area contributed by atoms with Crippen molar-refractivity contribution in [2.75, 3.05) is 17.2 Å². The van der Waals surface area contributed by atoms with Crippen molar-refractivity contribution in [3.05, 3.63) is 42.7 Å². The number of nitrogen functional groups attached to an aromatic ring is 1. The second-order valence-electron chi connectivity index (χ2n) is 3.38. The van der Waals surface area contributed by atoms with E-state index in [0.29, 0.717) is 5.82 Å². The minimum Gasteiger partial charge on any atom is -0.384 e. The molecular weight excluding hydrogens is 200 g/mol. The number of aromatic nitrogens is 2. The maximum Gasteiger partial charge on any atom is 0.138 e. The number of anilines is 3. The minimum atomic E-state index is 0.486. The van der Waals surface area contributed by atoms with Gasteiger partial charge in [0.05, 0.1) is 0 Å². The summed E-state index contributed by atoms with van der Waals surface area (Å²) in [6, 6.07) is 11.9. The first-order valence-corrected chi connectivity index (χ1v) is 5.21. The van der Waals surface area contributed by atoms with E-state index in [9.17, 15) is 0 Å². The Morgan fingerprint density at radius 2 is 1.94 bits per heavy atom. The Balaban J connectivity index is 2.37. The van der Waals surface area contributed by atoms with E-state index in [1.807, 2.05) is 30.3 Å². The Morgan fingerprint density at radius 3 is 2.56 bits per heavy atom. The molecular formula is C12H14N4. The molecule has 0 saturated heterocycles. The molecule has 16 heavy (non-hydrogen) atoms. The Hall–Kier alpha value is -2.10. The summed E-state index contributed by atoms with van der Waals surface area (Å²) in [4.78, 5) is 10.2. The summed E-state index contributed by atoms with van der Waals surface area (Å²) in [7, 11) is 0. The Morgan fingerprint density at radius 1 is 1.19 bits per heavy atom. The highest BCUT2D eigenvalue weighted by Crippen LogP contribution is 2.22. The van der Waals surface area contributed by atoms with E-state index in [2.05, 4.69) is 21.8 Å². The van der Waals surface area contributed by atoms with Gasteiger partial charge in [0.2, 0.25) is 0 Å². The molecule has 4 heteroatoms. The molecule has 0 bridgehead atoms. The molecule has 0 unspecified atom stereocenters. The molecule has 1 heterocycles. The zero-order chi connectivity index (χ0) is 11.4. The zero-order valence-electron chi connectivity index (χ0n) is 9.17. The molecule has 4 nitrogen and oxygen atoms in total. The average Bonchev–Trinajstić information content (AvgIpc) is 2.31. The van der Waals surface area contributed by atoms with Crippen LogP contribution in [-0.4, -0.2) is 16.5 Å². The van der Waals surface area contributed by atoms with Crippen LogP contribution in [0.1, 0.15) is 6.92 Å². The van der Waals surface area contributed by atoms with Crippen LogP contribution in [0.15, 0.2) is 42.7 Å². The van der Waals surface area contributed by atoms with Crippen LogP contribution in [-0.2, 0) is 0 Å². The van der Waals surface area contributed by atoms with Gasteiger partial charge in [-0.2, -0.15) is 0 Å². The van der Waals surface area contributed by atoms with Crippen LogP contribution >= 0.6 is 0 Å². The Bertz CT molecular complexity index is 456. The second kappa shape index (κ2) is 4.61. The quantitative estimate of drug-likeness (QED) is 0.851. The normalized spacial score (nSPS) is 10.1. The van der Waals surface area contributed by atoms with E-state index in [4.69, 9.17) is 5.73 Å². The van der Waals surface area contributed by atoms with Crippen molar-refractivity contribution < 1.29 is 0 Å². The number of nitrogens with zero attached hydrogens (tertiary/aromatic N) is 3. The van der Waals surface area contributed by atoms with Crippen LogP contribution in [0.3, 0.4) is 0 Å². The Kier molecular flexibility index (Phi) is 3.00. The summed E-state index contributed by atoms with van der Waals surface area (Å²) in [5.74, 6) is 1.31. The highest BCUT2D eigenvalue weighted by molar-refractivity contribution is 5.61. The number of benzene rings is 1. The van der Waals surface area contributed by atoms with Crippen molar-refractivity contribution in [3.63, 3.8) is 0 Å². The van der Waals surface area contributed by atoms with E-state index in [1.54, 1.807) is 6.07 Å². The number of nitrogens with two attached hydrogens (primary N) is 1. The molecule has 0 fully saturated rings. The maximum atomic E-state index is 5.65. The Labute approximate surface area is 94.8 Å². The molecule has 0 saturated carbocycles. The van der Waals surface area contributed by atoms with Crippen LogP contribution in [0.2, 0.25) is 0 Å². The number of rotatable bonds is 3. The van der Waals surface area contributed by atoms with Gasteiger partial charge in [0.15, 0.2) is 0 Å². The highest BCUT2D eigenvalue weighted by atomic mass is 15.2. The fourth-order valence-corrected chi connectivity index (χ4v) is 1.59. The van der Waals surface area contributed by atoms with Crippen molar-refractivity contribution >= 4 is 17.3 Å². The molecule has 2 rings (SSSR count). The number of hydrogen-bond donors (Lipinski definition) is 1. The third-order valence-corrected chi connectivity index (χ3v) is 2.33. The van der Waals surface area contributed by atoms with Gasteiger partial charge in [-0.15, -0.1) is 0 Å². The summed E-state index contributed by atoms with van der Waals surface area (Å²) >= 11 is 0. The maximum absolute atomic E-state index is 5.65. The lowest BCUT2D eigenvalue weighted by Crippen LogP contribution is -2.17. The third-order valence-electron chi connectivity index (χ3n) is 2.33. The molecule has 0 aliphatic rings. The second-order valence-corrected chi connectivity index (χ2v) is 3.38. The van der Waals surface area contributed by atoms with Crippen LogP contribution < -0.4 is 10.6 Å². The van der Waals surface area contributed by atoms with Gasteiger partial charge < -0.3 is 10.6 Å². The largest absolute Gasteiger partial charge is 0.384 e. The first-order chi connectivity index (χ1) is 7.81. The van der Waals surface area contributed by atoms with Gasteiger partial charge in [-0.3, -0.25) is 0 Å². The van der Waals surface area contributed by atoms with E-state index in [0.717, 1.165) is 18.1 Å². The molecule has 0 atom stereocenters. The summed E-state index contributed by atoms with van der Waals surface area (Å²) in [5, 5.41) is 0. The first kappa shape index (κ1) is 10.4. The molecule has 0 spiro atoms. The molecule has 1 aromatic heterocycles. The van der Waals surface area contributed by atoms with Gasteiger partial charge in [-0.25, -0.2) is 9.97 Å². The molecule has 0 radical (unpaired) electrons. The van der Waals surface area contributed by atoms with Gasteiger partial charge in [0, 0.05) is 18.3 Å². The molecule has 0 amide bonds. The summed E-state index contributed by atoms with van der Waals surface area (Å²) in [5.41, 5.74) is 6.75. The van der Waals surface area contributed by atoms with E-state index in [-0.39, 0.29) is 0 Å². The lowest BCUT2D eigenvalue weighted by atomic mass is 10.3. The van der Waals surface area contributed by atoms with Crippen LogP contribution in [0.4, 0.5) is 17.3 Å². The number of para-hydroxylation sites is 1.